The van der Waals surface area contributed by atoms with E-state index in [9.17, 15) is 4.79 Å². The summed E-state index contributed by atoms with van der Waals surface area (Å²) >= 11 is 1.62. The van der Waals surface area contributed by atoms with E-state index >= 15 is 0 Å². The highest BCUT2D eigenvalue weighted by Crippen LogP contribution is 2.21. The van der Waals surface area contributed by atoms with Crippen molar-refractivity contribution in [1.82, 2.24) is 4.90 Å². The molecule has 0 aliphatic carbocycles. The topological polar surface area (TPSA) is 20.3 Å². The number of hydrogen-bond donors (Lipinski definition) is 0. The van der Waals surface area contributed by atoms with Gasteiger partial charge in [0.05, 0.1) is 5.88 Å². The van der Waals surface area contributed by atoms with E-state index in [-0.39, 0.29) is 5.91 Å². The van der Waals surface area contributed by atoms with E-state index in [1.807, 2.05) is 48.0 Å². The third kappa shape index (κ3) is 3.44. The number of nitrogens with zero attached hydrogens (tertiary/aromatic N) is 1. The summed E-state index contributed by atoms with van der Waals surface area (Å²) in [5, 5.41) is 1.93. The Morgan fingerprint density at radius 1 is 1.05 bits per heavy atom. The first kappa shape index (κ1) is 13.7. The van der Waals surface area contributed by atoms with Crippen LogP contribution in [0.15, 0.2) is 72.3 Å². The van der Waals surface area contributed by atoms with Crippen LogP contribution >= 0.6 is 11.8 Å². The minimum Gasteiger partial charge on any atom is -0.305 e. The number of hydrogen-bond acceptors (Lipinski definition) is 2. The second kappa shape index (κ2) is 6.46. The van der Waals surface area contributed by atoms with Gasteiger partial charge in [-0.1, -0.05) is 48.5 Å². The molecule has 2 aromatic rings. The lowest BCUT2D eigenvalue weighted by atomic mass is 10.0. The zero-order valence-electron chi connectivity index (χ0n) is 11.5. The van der Waals surface area contributed by atoms with Crippen LogP contribution in [0, 0.1) is 0 Å². The summed E-state index contributed by atoms with van der Waals surface area (Å²) in [4.78, 5) is 13.6. The van der Waals surface area contributed by atoms with Gasteiger partial charge in [-0.15, -0.1) is 11.8 Å². The molecule has 0 N–H and O–H groups in total. The van der Waals surface area contributed by atoms with Crippen molar-refractivity contribution in [2.24, 2.45) is 0 Å². The average Bonchev–Trinajstić information content (AvgIpc) is 3.08. The largest absolute Gasteiger partial charge is 0.305 e. The standard InChI is InChI=1S/C18H15NOS/c20-18(19-11-12-21-14-19)10-9-15-5-4-8-17(13-15)16-6-2-1-3-7-16/h1-13H,14H2/b10-9+. The summed E-state index contributed by atoms with van der Waals surface area (Å²) in [6.45, 7) is 0. The van der Waals surface area contributed by atoms with Crippen LogP contribution < -0.4 is 0 Å². The third-order valence-corrected chi connectivity index (χ3v) is 3.99. The van der Waals surface area contributed by atoms with E-state index in [0.29, 0.717) is 5.88 Å². The van der Waals surface area contributed by atoms with Crippen LogP contribution in [0.1, 0.15) is 5.56 Å². The predicted molar refractivity (Wildman–Crippen MR) is 89.4 cm³/mol. The molecule has 1 heterocycles. The molecule has 21 heavy (non-hydrogen) atoms. The molecular formula is C18H15NOS. The minimum absolute atomic E-state index is 0.0152. The van der Waals surface area contributed by atoms with E-state index in [0.717, 1.165) is 11.1 Å². The second-order valence-electron chi connectivity index (χ2n) is 4.71. The minimum atomic E-state index is 0.0152. The molecule has 1 amide bonds. The van der Waals surface area contributed by atoms with Crippen molar-refractivity contribution in [2.75, 3.05) is 5.88 Å². The summed E-state index contributed by atoms with van der Waals surface area (Å²) in [6.07, 6.45) is 5.31. The van der Waals surface area contributed by atoms with Crippen LogP contribution in [-0.2, 0) is 4.79 Å². The van der Waals surface area contributed by atoms with Crippen molar-refractivity contribution in [2.45, 2.75) is 0 Å². The molecule has 3 rings (SSSR count). The molecule has 0 unspecified atom stereocenters. The molecule has 3 heteroatoms. The highest BCUT2D eigenvalue weighted by Gasteiger charge is 2.10. The Morgan fingerprint density at radius 3 is 2.62 bits per heavy atom. The van der Waals surface area contributed by atoms with Crippen molar-refractivity contribution in [3.8, 4) is 11.1 Å². The quantitative estimate of drug-likeness (QED) is 0.783. The summed E-state index contributed by atoms with van der Waals surface area (Å²) in [5.41, 5.74) is 3.36. The lowest BCUT2D eigenvalue weighted by molar-refractivity contribution is -0.122. The van der Waals surface area contributed by atoms with Crippen LogP contribution in [0.3, 0.4) is 0 Å². The zero-order valence-corrected chi connectivity index (χ0v) is 12.3. The van der Waals surface area contributed by atoms with Crippen molar-refractivity contribution in [3.63, 3.8) is 0 Å². The van der Waals surface area contributed by atoms with Gasteiger partial charge in [-0.2, -0.15) is 0 Å². The molecule has 1 aliphatic heterocycles. The normalized spacial score (nSPS) is 14.0. The van der Waals surface area contributed by atoms with Crippen molar-refractivity contribution in [3.05, 3.63) is 77.8 Å². The van der Waals surface area contributed by atoms with Crippen LogP contribution in [0.2, 0.25) is 0 Å². The fourth-order valence-electron chi connectivity index (χ4n) is 2.14. The van der Waals surface area contributed by atoms with Crippen molar-refractivity contribution in [1.29, 1.82) is 0 Å². The van der Waals surface area contributed by atoms with Gasteiger partial charge >= 0.3 is 0 Å². The number of carbonyl (C=O) groups excluding carboxylic acids is 1. The van der Waals surface area contributed by atoms with Crippen LogP contribution in [-0.4, -0.2) is 16.7 Å². The van der Waals surface area contributed by atoms with E-state index in [1.54, 1.807) is 22.7 Å². The smallest absolute Gasteiger partial charge is 0.251 e. The Morgan fingerprint density at radius 2 is 1.86 bits per heavy atom. The van der Waals surface area contributed by atoms with Gasteiger partial charge in [-0.3, -0.25) is 4.79 Å². The Kier molecular flexibility index (Phi) is 4.22. The number of carbonyl (C=O) groups is 1. The van der Waals surface area contributed by atoms with Crippen molar-refractivity contribution >= 4 is 23.7 Å². The first-order valence-electron chi connectivity index (χ1n) is 6.75. The maximum absolute atomic E-state index is 11.9. The van der Waals surface area contributed by atoms with Crippen LogP contribution in [0.25, 0.3) is 17.2 Å². The molecule has 0 fully saturated rings. The molecule has 2 aromatic carbocycles. The fraction of sp³-hybridized carbons (Fsp3) is 0.0556. The first-order valence-corrected chi connectivity index (χ1v) is 7.80. The van der Waals surface area contributed by atoms with Crippen LogP contribution in [0.5, 0.6) is 0 Å². The van der Waals surface area contributed by atoms with E-state index in [4.69, 9.17) is 0 Å². The highest BCUT2D eigenvalue weighted by molar-refractivity contribution is 8.02. The lowest BCUT2D eigenvalue weighted by Gasteiger charge is -2.08. The molecule has 0 aromatic heterocycles. The van der Waals surface area contributed by atoms with Crippen molar-refractivity contribution < 1.29 is 4.79 Å². The molecule has 104 valence electrons. The Balaban J connectivity index is 1.77. The van der Waals surface area contributed by atoms with E-state index < -0.39 is 0 Å². The van der Waals surface area contributed by atoms with E-state index in [1.165, 1.54) is 5.56 Å². The highest BCUT2D eigenvalue weighted by atomic mass is 32.2. The van der Waals surface area contributed by atoms with Gasteiger partial charge in [-0.25, -0.2) is 0 Å². The predicted octanol–water partition coefficient (Wildman–Crippen LogP) is 4.37. The maximum atomic E-state index is 11.9. The molecule has 1 aliphatic rings. The molecular weight excluding hydrogens is 278 g/mol. The number of thioether (sulfide) groups is 1. The SMILES string of the molecule is O=C(/C=C/c1cccc(-c2ccccc2)c1)N1C=CSC1. The summed E-state index contributed by atoms with van der Waals surface area (Å²) in [7, 11) is 0. The zero-order chi connectivity index (χ0) is 14.5. The Hall–Kier alpha value is -2.26. The molecule has 0 atom stereocenters. The average molecular weight is 293 g/mol. The summed E-state index contributed by atoms with van der Waals surface area (Å²) < 4.78 is 0. The van der Waals surface area contributed by atoms with Gasteiger partial charge in [0, 0.05) is 12.3 Å². The number of amides is 1. The van der Waals surface area contributed by atoms with Gasteiger partial charge in [0.15, 0.2) is 0 Å². The fourth-order valence-corrected chi connectivity index (χ4v) is 2.83. The van der Waals surface area contributed by atoms with Gasteiger partial charge < -0.3 is 4.90 Å². The summed E-state index contributed by atoms with van der Waals surface area (Å²) in [5.74, 6) is 0.717. The molecule has 0 spiro atoms. The number of benzene rings is 2. The Bertz CT molecular complexity index is 691. The molecule has 0 bridgehead atoms. The maximum Gasteiger partial charge on any atom is 0.251 e. The van der Waals surface area contributed by atoms with Gasteiger partial charge in [0.1, 0.15) is 0 Å². The Labute approximate surface area is 128 Å². The summed E-state index contributed by atoms with van der Waals surface area (Å²) in [6, 6.07) is 18.4. The first-order chi connectivity index (χ1) is 10.3. The molecule has 0 saturated heterocycles. The van der Waals surface area contributed by atoms with Gasteiger partial charge in [0.2, 0.25) is 0 Å². The van der Waals surface area contributed by atoms with E-state index in [2.05, 4.69) is 24.3 Å². The molecule has 2 nitrogen and oxygen atoms in total. The van der Waals surface area contributed by atoms with Gasteiger partial charge in [0.25, 0.3) is 5.91 Å². The van der Waals surface area contributed by atoms with Gasteiger partial charge in [-0.05, 0) is 34.2 Å². The van der Waals surface area contributed by atoms with Crippen LogP contribution in [0.4, 0.5) is 0 Å². The molecule has 0 saturated carbocycles. The number of rotatable bonds is 3. The third-order valence-electron chi connectivity index (χ3n) is 3.25. The monoisotopic (exact) mass is 293 g/mol. The lowest BCUT2D eigenvalue weighted by Crippen LogP contribution is -2.20. The second-order valence-corrected chi connectivity index (χ2v) is 5.58. The molecule has 0 radical (unpaired) electrons.